The molecule has 1 aromatic heterocycles. The maximum atomic E-state index is 14.9. The third-order valence-electron chi connectivity index (χ3n) is 6.67. The van der Waals surface area contributed by atoms with Crippen molar-refractivity contribution in [2.45, 2.75) is 31.3 Å². The minimum absolute atomic E-state index is 0.0173. The number of halogens is 1. The summed E-state index contributed by atoms with van der Waals surface area (Å²) >= 11 is 0. The third-order valence-corrected chi connectivity index (χ3v) is 6.67. The monoisotopic (exact) mass is 486 g/mol. The third kappa shape index (κ3) is 4.15. The predicted octanol–water partition coefficient (Wildman–Crippen LogP) is 5.82. The molecule has 36 heavy (non-hydrogen) atoms. The van der Waals surface area contributed by atoms with Crippen LogP contribution in [0.4, 0.5) is 4.39 Å². The lowest BCUT2D eigenvalue weighted by atomic mass is 9.98. The van der Waals surface area contributed by atoms with Crippen LogP contribution in [0.15, 0.2) is 73.3 Å². The van der Waals surface area contributed by atoms with Crippen LogP contribution in [0, 0.1) is 5.82 Å². The molecule has 182 valence electrons. The van der Waals surface area contributed by atoms with E-state index in [2.05, 4.69) is 4.98 Å². The number of fused-ring (bicyclic) bond motifs is 2. The molecular formula is C28H23FN2O5. The number of nitrogens with zero attached hydrogens (tertiary/aromatic N) is 2. The highest BCUT2D eigenvalue weighted by Gasteiger charge is 2.32. The van der Waals surface area contributed by atoms with Crippen LogP contribution in [0.3, 0.4) is 0 Å². The van der Waals surface area contributed by atoms with Gasteiger partial charge in [-0.25, -0.2) is 9.37 Å². The molecule has 0 unspecified atom stereocenters. The molecule has 8 heteroatoms. The van der Waals surface area contributed by atoms with Crippen molar-refractivity contribution in [3.63, 3.8) is 0 Å². The van der Waals surface area contributed by atoms with E-state index in [9.17, 15) is 9.18 Å². The lowest BCUT2D eigenvalue weighted by Gasteiger charge is -2.17. The number of hydrogen-bond donors (Lipinski definition) is 1. The maximum Gasteiger partial charge on any atom is 0.304 e. The Balaban J connectivity index is 1.20. The van der Waals surface area contributed by atoms with Crippen LogP contribution in [-0.4, -0.2) is 27.2 Å². The number of carbonyl (C=O) groups is 1. The van der Waals surface area contributed by atoms with Crippen molar-refractivity contribution in [3.05, 3.63) is 95.8 Å². The molecule has 0 saturated carbocycles. The van der Waals surface area contributed by atoms with Crippen LogP contribution in [0.1, 0.15) is 41.6 Å². The Hall–Kier alpha value is -4.33. The summed E-state index contributed by atoms with van der Waals surface area (Å²) in [6.07, 6.45) is 6.12. The van der Waals surface area contributed by atoms with Crippen LogP contribution in [-0.2, 0) is 11.2 Å². The quantitative estimate of drug-likeness (QED) is 0.354. The van der Waals surface area contributed by atoms with E-state index >= 15 is 0 Å². The second-order valence-corrected chi connectivity index (χ2v) is 8.95. The molecule has 6 rings (SSSR count). The maximum absolute atomic E-state index is 14.9. The number of hydrogen-bond acceptors (Lipinski definition) is 5. The zero-order valence-corrected chi connectivity index (χ0v) is 19.3. The molecule has 2 atom stereocenters. The molecule has 2 heterocycles. The van der Waals surface area contributed by atoms with Gasteiger partial charge in [0.05, 0.1) is 19.4 Å². The number of carboxylic acids is 1. The Morgan fingerprint density at radius 1 is 1.14 bits per heavy atom. The summed E-state index contributed by atoms with van der Waals surface area (Å²) < 4.78 is 34.8. The lowest BCUT2D eigenvalue weighted by molar-refractivity contribution is -0.137. The zero-order chi connectivity index (χ0) is 24.6. The van der Waals surface area contributed by atoms with Gasteiger partial charge in [0.15, 0.2) is 0 Å². The van der Waals surface area contributed by atoms with Crippen LogP contribution in [0.2, 0.25) is 0 Å². The first-order valence-electron chi connectivity index (χ1n) is 11.8. The number of imidazole rings is 1. The van der Waals surface area contributed by atoms with Crippen molar-refractivity contribution in [1.29, 1.82) is 0 Å². The van der Waals surface area contributed by atoms with Gasteiger partial charge >= 0.3 is 5.97 Å². The van der Waals surface area contributed by atoms with Crippen molar-refractivity contribution in [2.75, 3.05) is 6.61 Å². The van der Waals surface area contributed by atoms with Gasteiger partial charge in [-0.15, -0.1) is 0 Å². The summed E-state index contributed by atoms with van der Waals surface area (Å²) in [6, 6.07) is 16.1. The molecule has 1 aliphatic heterocycles. The van der Waals surface area contributed by atoms with E-state index < -0.39 is 12.1 Å². The van der Waals surface area contributed by atoms with Crippen LogP contribution >= 0.6 is 0 Å². The molecule has 0 bridgehead atoms. The van der Waals surface area contributed by atoms with Crippen molar-refractivity contribution in [3.8, 4) is 28.7 Å². The smallest absolute Gasteiger partial charge is 0.304 e. The van der Waals surface area contributed by atoms with Crippen LogP contribution < -0.4 is 14.2 Å². The zero-order valence-electron chi connectivity index (χ0n) is 19.3. The number of carboxylic acid groups (broad SMARTS) is 1. The minimum atomic E-state index is -0.859. The van der Waals surface area contributed by atoms with Gasteiger partial charge in [-0.3, -0.25) is 4.79 Å². The van der Waals surface area contributed by atoms with Gasteiger partial charge in [0.25, 0.3) is 0 Å². The molecule has 0 amide bonds. The molecule has 3 aromatic carbocycles. The Morgan fingerprint density at radius 2 is 1.97 bits per heavy atom. The SMILES string of the molecule is O=C(O)C[C@@H]1COc2cc(O[C@@H]3CCc4c(Oc5ccc(-n6ccnc6)cc5)ccc(F)c43)ccc21. The van der Waals surface area contributed by atoms with Gasteiger partial charge < -0.3 is 23.9 Å². The van der Waals surface area contributed by atoms with E-state index in [1.54, 1.807) is 30.7 Å². The summed E-state index contributed by atoms with van der Waals surface area (Å²) in [6.45, 7) is 0.329. The topological polar surface area (TPSA) is 82.8 Å². The molecular weight excluding hydrogens is 463 g/mol. The summed E-state index contributed by atoms with van der Waals surface area (Å²) in [4.78, 5) is 15.1. The fraction of sp³-hybridized carbons (Fsp3) is 0.214. The van der Waals surface area contributed by atoms with Gasteiger partial charge in [-0.1, -0.05) is 6.07 Å². The van der Waals surface area contributed by atoms with Crippen molar-refractivity contribution < 1.29 is 28.5 Å². The Bertz CT molecular complexity index is 1420. The molecule has 2 aliphatic rings. The van der Waals surface area contributed by atoms with E-state index in [0.717, 1.165) is 16.8 Å². The fourth-order valence-electron chi connectivity index (χ4n) is 4.95. The molecule has 1 aliphatic carbocycles. The van der Waals surface area contributed by atoms with Crippen LogP contribution in [0.25, 0.3) is 5.69 Å². The Labute approximate surface area is 206 Å². The summed E-state index contributed by atoms with van der Waals surface area (Å²) in [7, 11) is 0. The van der Waals surface area contributed by atoms with E-state index in [0.29, 0.717) is 48.0 Å². The average molecular weight is 486 g/mol. The van der Waals surface area contributed by atoms with Gasteiger partial charge in [-0.05, 0) is 55.3 Å². The first-order valence-corrected chi connectivity index (χ1v) is 11.8. The molecule has 0 radical (unpaired) electrons. The molecule has 1 N–H and O–H groups in total. The molecule has 0 saturated heterocycles. The van der Waals surface area contributed by atoms with Crippen molar-refractivity contribution in [2.24, 2.45) is 0 Å². The number of benzene rings is 3. The highest BCUT2D eigenvalue weighted by Crippen LogP contribution is 2.44. The van der Waals surface area contributed by atoms with Gasteiger partial charge in [0.2, 0.25) is 0 Å². The fourth-order valence-corrected chi connectivity index (χ4v) is 4.95. The molecule has 0 spiro atoms. The number of rotatable bonds is 7. The number of ether oxygens (including phenoxy) is 3. The molecule has 4 aromatic rings. The Kier molecular flexibility index (Phi) is 5.56. The highest BCUT2D eigenvalue weighted by molar-refractivity contribution is 5.68. The van der Waals surface area contributed by atoms with E-state index in [4.69, 9.17) is 19.3 Å². The van der Waals surface area contributed by atoms with E-state index in [1.807, 2.05) is 41.1 Å². The number of aromatic nitrogens is 2. The van der Waals surface area contributed by atoms with Crippen molar-refractivity contribution >= 4 is 5.97 Å². The van der Waals surface area contributed by atoms with Gasteiger partial charge in [0.1, 0.15) is 34.9 Å². The highest BCUT2D eigenvalue weighted by atomic mass is 19.1. The first-order chi connectivity index (χ1) is 17.5. The van der Waals surface area contributed by atoms with E-state index in [-0.39, 0.29) is 18.2 Å². The lowest BCUT2D eigenvalue weighted by Crippen LogP contribution is -2.07. The number of aliphatic carboxylic acids is 1. The van der Waals surface area contributed by atoms with Crippen molar-refractivity contribution in [1.82, 2.24) is 9.55 Å². The molecule has 7 nitrogen and oxygen atoms in total. The standard InChI is InChI=1S/C28H23FN2O5/c29-23-8-10-24(35-19-3-1-18(2-4-19)31-12-11-30-16-31)22-7-9-25(28(22)23)36-20-5-6-21-17(13-27(32)33)15-34-26(21)14-20/h1-6,8,10-12,14,16-17,25H,7,9,13,15H2,(H,32,33)/t17-,25-/m1/s1. The summed E-state index contributed by atoms with van der Waals surface area (Å²) in [5.74, 6) is 1.09. The summed E-state index contributed by atoms with van der Waals surface area (Å²) in [5, 5.41) is 9.10. The second-order valence-electron chi connectivity index (χ2n) is 8.95. The molecule has 0 fully saturated rings. The Morgan fingerprint density at radius 3 is 2.75 bits per heavy atom. The minimum Gasteiger partial charge on any atom is -0.492 e. The normalized spacial score (nSPS) is 17.8. The van der Waals surface area contributed by atoms with E-state index in [1.165, 1.54) is 6.07 Å². The largest absolute Gasteiger partial charge is 0.492 e. The second kappa shape index (κ2) is 9.03. The average Bonchev–Trinajstić information content (AvgIpc) is 3.63. The van der Waals surface area contributed by atoms with Gasteiger partial charge in [0, 0.05) is 46.8 Å². The van der Waals surface area contributed by atoms with Crippen LogP contribution in [0.5, 0.6) is 23.0 Å². The first kappa shape index (κ1) is 22.2. The van der Waals surface area contributed by atoms with Gasteiger partial charge in [-0.2, -0.15) is 0 Å². The predicted molar refractivity (Wildman–Crippen MR) is 129 cm³/mol. The summed E-state index contributed by atoms with van der Waals surface area (Å²) in [5.41, 5.74) is 3.13.